The van der Waals surface area contributed by atoms with E-state index in [9.17, 15) is 9.59 Å². The van der Waals surface area contributed by atoms with Gasteiger partial charge in [0.1, 0.15) is 0 Å². The normalized spacial score (nSPS) is 21.6. The van der Waals surface area contributed by atoms with Crippen LogP contribution in [0, 0.1) is 0 Å². The molecule has 0 spiro atoms. The highest BCUT2D eigenvalue weighted by Gasteiger charge is 2.29. The van der Waals surface area contributed by atoms with Crippen LogP contribution in [0.1, 0.15) is 0 Å². The van der Waals surface area contributed by atoms with E-state index in [4.69, 9.17) is 0 Å². The van der Waals surface area contributed by atoms with Crippen molar-refractivity contribution in [2.45, 2.75) is 0 Å². The molecule has 0 saturated carbocycles. The topological polar surface area (TPSA) is 86.2 Å². The molecule has 1 fully saturated rings. The molecule has 7 heteroatoms. The zero-order valence-electron chi connectivity index (χ0n) is 8.16. The second-order valence-electron chi connectivity index (χ2n) is 2.55. The highest BCUT2D eigenvalue weighted by atomic mass is 16.2. The molecule has 0 unspecified atom stereocenters. The van der Waals surface area contributed by atoms with Gasteiger partial charge in [0, 0.05) is 21.1 Å². The van der Waals surface area contributed by atoms with E-state index in [0.717, 1.165) is 0 Å². The van der Waals surface area contributed by atoms with Gasteiger partial charge in [0.25, 0.3) is 0 Å². The van der Waals surface area contributed by atoms with Gasteiger partial charge in [-0.2, -0.15) is 4.99 Å². The lowest BCUT2D eigenvalue weighted by Crippen LogP contribution is -2.28. The minimum Gasteiger partial charge on any atom is -0.339 e. The molecule has 1 heterocycles. The number of nitrogens with one attached hydrogen (secondary N) is 2. The molecule has 4 amide bonds. The van der Waals surface area contributed by atoms with E-state index in [0.29, 0.717) is 5.84 Å². The average Bonchev–Trinajstić information content (AvgIpc) is 2.45. The predicted octanol–water partition coefficient (Wildman–Crippen LogP) is -0.592. The number of rotatable bonds is 0. The van der Waals surface area contributed by atoms with E-state index in [-0.39, 0.29) is 11.9 Å². The third-order valence-corrected chi connectivity index (χ3v) is 1.70. The lowest BCUT2D eigenvalue weighted by atomic mass is 10.5. The number of hydrogen-bond acceptors (Lipinski definition) is 3. The molecule has 1 saturated heterocycles. The molecule has 0 aromatic carbocycles. The molecule has 0 aromatic heterocycles. The summed E-state index contributed by atoms with van der Waals surface area (Å²) in [6, 6.07) is -0.877. The van der Waals surface area contributed by atoms with E-state index in [1.807, 2.05) is 0 Å². The van der Waals surface area contributed by atoms with Crippen molar-refractivity contribution in [3.63, 3.8) is 0 Å². The van der Waals surface area contributed by atoms with Crippen LogP contribution in [0.15, 0.2) is 9.98 Å². The molecule has 76 valence electrons. The number of urea groups is 2. The Balaban J connectivity index is 3.01. The maximum Gasteiger partial charge on any atom is 0.342 e. The molecular weight excluding hydrogens is 186 g/mol. The van der Waals surface area contributed by atoms with E-state index < -0.39 is 6.03 Å². The Morgan fingerprint density at radius 1 is 1.57 bits per heavy atom. The van der Waals surface area contributed by atoms with E-state index in [2.05, 4.69) is 20.6 Å². The SMILES string of the molecule is CN=C1NC(=O)N(C)/C1=N\C(=O)NC. The molecule has 7 nitrogen and oxygen atoms in total. The molecular formula is C7H11N5O2. The summed E-state index contributed by atoms with van der Waals surface area (Å²) in [6.45, 7) is 0. The summed E-state index contributed by atoms with van der Waals surface area (Å²) in [7, 11) is 4.47. The van der Waals surface area contributed by atoms with Gasteiger partial charge in [-0.05, 0) is 0 Å². The molecule has 0 radical (unpaired) electrons. The van der Waals surface area contributed by atoms with Crippen LogP contribution in [0.4, 0.5) is 9.59 Å². The fourth-order valence-corrected chi connectivity index (χ4v) is 0.932. The Morgan fingerprint density at radius 3 is 2.71 bits per heavy atom. The first-order valence-corrected chi connectivity index (χ1v) is 3.92. The van der Waals surface area contributed by atoms with Gasteiger partial charge in [0.2, 0.25) is 0 Å². The highest BCUT2D eigenvalue weighted by Crippen LogP contribution is 2.00. The Labute approximate surface area is 80.9 Å². The fraction of sp³-hybridized carbons (Fsp3) is 0.429. The third-order valence-electron chi connectivity index (χ3n) is 1.70. The van der Waals surface area contributed by atoms with Crippen molar-refractivity contribution < 1.29 is 9.59 Å². The number of nitrogens with zero attached hydrogens (tertiary/aromatic N) is 3. The van der Waals surface area contributed by atoms with Crippen LogP contribution >= 0.6 is 0 Å². The van der Waals surface area contributed by atoms with Gasteiger partial charge in [-0.1, -0.05) is 0 Å². The van der Waals surface area contributed by atoms with Gasteiger partial charge in [0.15, 0.2) is 11.7 Å². The number of carbonyl (C=O) groups excluding carboxylic acids is 2. The molecule has 0 aromatic rings. The fourth-order valence-electron chi connectivity index (χ4n) is 0.932. The minimum absolute atomic E-state index is 0.219. The van der Waals surface area contributed by atoms with Gasteiger partial charge in [-0.15, -0.1) is 0 Å². The van der Waals surface area contributed by atoms with Crippen LogP contribution in [-0.4, -0.2) is 49.8 Å². The van der Waals surface area contributed by atoms with Gasteiger partial charge < -0.3 is 5.32 Å². The van der Waals surface area contributed by atoms with Crippen LogP contribution in [-0.2, 0) is 0 Å². The number of amides is 4. The smallest absolute Gasteiger partial charge is 0.339 e. The van der Waals surface area contributed by atoms with Crippen LogP contribution in [0.5, 0.6) is 0 Å². The molecule has 1 rings (SSSR count). The van der Waals surface area contributed by atoms with Crippen LogP contribution in [0.25, 0.3) is 0 Å². The lowest BCUT2D eigenvalue weighted by Gasteiger charge is -2.05. The number of aliphatic imine (C=N–C) groups is 2. The Hall–Kier alpha value is -1.92. The predicted molar refractivity (Wildman–Crippen MR) is 51.5 cm³/mol. The quantitative estimate of drug-likeness (QED) is 0.543. The lowest BCUT2D eigenvalue weighted by molar-refractivity contribution is 0.234. The highest BCUT2D eigenvalue weighted by molar-refractivity contribution is 6.50. The first-order chi connectivity index (χ1) is 6.60. The van der Waals surface area contributed by atoms with Gasteiger partial charge >= 0.3 is 12.1 Å². The Bertz CT molecular complexity index is 333. The van der Waals surface area contributed by atoms with Gasteiger partial charge in [-0.25, -0.2) is 9.59 Å². The molecule has 0 atom stereocenters. The largest absolute Gasteiger partial charge is 0.342 e. The molecule has 0 bridgehead atoms. The Morgan fingerprint density at radius 2 is 2.21 bits per heavy atom. The van der Waals surface area contributed by atoms with Crippen molar-refractivity contribution in [2.75, 3.05) is 21.1 Å². The van der Waals surface area contributed by atoms with Crippen molar-refractivity contribution in [3.05, 3.63) is 0 Å². The standard InChI is InChI=1S/C7H11N5O2/c1-8-4-5(11-6(13)9-2)12(3)7(14)10-4/h1-3H3,(H,9,13)(H,8,10,14)/b11-5-. The zero-order valence-corrected chi connectivity index (χ0v) is 8.16. The van der Waals surface area contributed by atoms with Crippen molar-refractivity contribution in [2.24, 2.45) is 9.98 Å². The first kappa shape index (κ1) is 10.2. The molecule has 0 aliphatic carbocycles. The maximum absolute atomic E-state index is 11.1. The van der Waals surface area contributed by atoms with Gasteiger partial charge in [-0.3, -0.25) is 15.2 Å². The molecule has 1 aliphatic heterocycles. The summed E-state index contributed by atoms with van der Waals surface area (Å²) in [6.07, 6.45) is 0. The summed E-state index contributed by atoms with van der Waals surface area (Å²) >= 11 is 0. The second kappa shape index (κ2) is 3.86. The van der Waals surface area contributed by atoms with Crippen LogP contribution < -0.4 is 10.6 Å². The monoisotopic (exact) mass is 197 g/mol. The number of amidine groups is 2. The molecule has 2 N–H and O–H groups in total. The Kier molecular flexibility index (Phi) is 2.80. The maximum atomic E-state index is 11.1. The van der Waals surface area contributed by atoms with E-state index >= 15 is 0 Å². The van der Waals surface area contributed by atoms with E-state index in [1.54, 1.807) is 0 Å². The van der Waals surface area contributed by atoms with E-state index in [1.165, 1.54) is 26.0 Å². The van der Waals surface area contributed by atoms with Crippen LogP contribution in [0.2, 0.25) is 0 Å². The number of carbonyl (C=O) groups is 2. The van der Waals surface area contributed by atoms with Crippen molar-refractivity contribution in [1.82, 2.24) is 15.5 Å². The van der Waals surface area contributed by atoms with Crippen LogP contribution in [0.3, 0.4) is 0 Å². The number of likely N-dealkylation sites (N-methyl/N-ethyl adjacent to an activating group) is 1. The third kappa shape index (κ3) is 1.70. The summed E-state index contributed by atoms with van der Waals surface area (Å²) in [4.78, 5) is 30.8. The van der Waals surface area contributed by atoms with Crippen molar-refractivity contribution in [3.8, 4) is 0 Å². The summed E-state index contributed by atoms with van der Waals surface area (Å²) in [5.74, 6) is 0.512. The summed E-state index contributed by atoms with van der Waals surface area (Å²) in [5, 5.41) is 4.78. The molecule has 1 aliphatic rings. The minimum atomic E-state index is -0.524. The summed E-state index contributed by atoms with van der Waals surface area (Å²) < 4.78 is 0. The molecule has 14 heavy (non-hydrogen) atoms. The first-order valence-electron chi connectivity index (χ1n) is 3.92. The summed E-state index contributed by atoms with van der Waals surface area (Å²) in [5.41, 5.74) is 0. The zero-order chi connectivity index (χ0) is 10.7. The van der Waals surface area contributed by atoms with Crippen molar-refractivity contribution in [1.29, 1.82) is 0 Å². The van der Waals surface area contributed by atoms with Gasteiger partial charge in [0.05, 0.1) is 0 Å². The number of hydrogen-bond donors (Lipinski definition) is 2. The second-order valence-corrected chi connectivity index (χ2v) is 2.55. The average molecular weight is 197 g/mol. The van der Waals surface area contributed by atoms with Crippen molar-refractivity contribution >= 4 is 23.7 Å².